The molecule has 4 rings (SSSR count). The Kier molecular flexibility index (Phi) is 7.63. The van der Waals surface area contributed by atoms with Gasteiger partial charge >= 0.3 is 0 Å². The summed E-state index contributed by atoms with van der Waals surface area (Å²) in [6, 6.07) is 8.14. The van der Waals surface area contributed by atoms with E-state index in [1.807, 2.05) is 0 Å². The number of aromatic nitrogens is 1. The minimum Gasteiger partial charge on any atom is -0.495 e. The molecule has 0 spiro atoms. The maximum absolute atomic E-state index is 13.4. The maximum atomic E-state index is 13.4. The van der Waals surface area contributed by atoms with Gasteiger partial charge in [0.15, 0.2) is 5.13 Å². The topological polar surface area (TPSA) is 97.4 Å². The van der Waals surface area contributed by atoms with Crippen molar-refractivity contribution in [2.45, 2.75) is 43.9 Å². The number of halogens is 2. The number of amides is 1. The zero-order valence-corrected chi connectivity index (χ0v) is 21.6. The van der Waals surface area contributed by atoms with E-state index in [1.54, 1.807) is 19.1 Å². The van der Waals surface area contributed by atoms with E-state index in [2.05, 4.69) is 15.0 Å². The van der Waals surface area contributed by atoms with E-state index in [9.17, 15) is 17.6 Å². The lowest BCUT2D eigenvalue weighted by Gasteiger charge is -2.14. The number of nitrogens with one attached hydrogen (secondary N) is 2. The van der Waals surface area contributed by atoms with Crippen LogP contribution in [0, 0.1) is 18.7 Å². The third kappa shape index (κ3) is 5.94. The highest BCUT2D eigenvalue weighted by atomic mass is 35.5. The van der Waals surface area contributed by atoms with Crippen molar-refractivity contribution in [2.75, 3.05) is 17.1 Å². The molecule has 1 aliphatic carbocycles. The summed E-state index contributed by atoms with van der Waals surface area (Å²) in [6.07, 6.45) is 4.98. The van der Waals surface area contributed by atoms with Gasteiger partial charge in [-0.3, -0.25) is 9.52 Å². The Balaban J connectivity index is 1.60. The van der Waals surface area contributed by atoms with Crippen molar-refractivity contribution < 1.29 is 22.3 Å². The van der Waals surface area contributed by atoms with Crippen LogP contribution in [0.5, 0.6) is 5.75 Å². The Labute approximate surface area is 212 Å². The van der Waals surface area contributed by atoms with Crippen LogP contribution in [0.25, 0.3) is 10.4 Å². The third-order valence-electron chi connectivity index (χ3n) is 5.88. The van der Waals surface area contributed by atoms with E-state index in [0.717, 1.165) is 29.9 Å². The van der Waals surface area contributed by atoms with Crippen molar-refractivity contribution in [1.29, 1.82) is 0 Å². The lowest BCUT2D eigenvalue weighted by molar-refractivity contribution is -0.117. The third-order valence-corrected chi connectivity index (χ3v) is 8.70. The van der Waals surface area contributed by atoms with Crippen LogP contribution < -0.4 is 14.8 Å². The van der Waals surface area contributed by atoms with E-state index in [4.69, 9.17) is 16.3 Å². The second-order valence-electron chi connectivity index (χ2n) is 8.43. The zero-order valence-electron chi connectivity index (χ0n) is 19.2. The normalized spacial score (nSPS) is 14.2. The Morgan fingerprint density at radius 1 is 1.23 bits per heavy atom. The number of anilines is 2. The standard InChI is InChI=1S/C24H25ClFN3O4S2/c1-14-23(34-24(27-14)28-22(30)11-15-5-3-4-6-15)16-7-10-20(33-2)21(12-16)35(31,32)29-19-9-8-17(26)13-18(19)25/h7-10,12-13,15,29H,3-6,11H2,1-2H3,(H,27,28,30). The molecule has 0 unspecified atom stereocenters. The second kappa shape index (κ2) is 10.5. The average molecular weight is 538 g/mol. The van der Waals surface area contributed by atoms with Crippen LogP contribution in [0.2, 0.25) is 5.02 Å². The van der Waals surface area contributed by atoms with Crippen LogP contribution in [0.15, 0.2) is 41.3 Å². The molecule has 1 amide bonds. The number of rotatable bonds is 8. The highest BCUT2D eigenvalue weighted by Crippen LogP contribution is 2.38. The van der Waals surface area contributed by atoms with Gasteiger partial charge in [-0.25, -0.2) is 17.8 Å². The zero-order chi connectivity index (χ0) is 25.2. The molecule has 0 aliphatic heterocycles. The molecule has 0 atom stereocenters. The van der Waals surface area contributed by atoms with Gasteiger partial charge in [-0.05, 0) is 67.6 Å². The first-order chi connectivity index (χ1) is 16.7. The van der Waals surface area contributed by atoms with Crippen molar-refractivity contribution in [3.05, 3.63) is 52.9 Å². The molecule has 1 saturated carbocycles. The average Bonchev–Trinajstić information content (AvgIpc) is 3.44. The Bertz CT molecular complexity index is 1350. The maximum Gasteiger partial charge on any atom is 0.265 e. The monoisotopic (exact) mass is 537 g/mol. The van der Waals surface area contributed by atoms with Gasteiger partial charge in [0.2, 0.25) is 5.91 Å². The molecule has 7 nitrogen and oxygen atoms in total. The van der Waals surface area contributed by atoms with Crippen molar-refractivity contribution in [3.8, 4) is 16.2 Å². The number of sulfonamides is 1. The fraction of sp³-hybridized carbons (Fsp3) is 0.333. The molecule has 0 bridgehead atoms. The van der Waals surface area contributed by atoms with Crippen molar-refractivity contribution in [1.82, 2.24) is 4.98 Å². The quantitative estimate of drug-likeness (QED) is 0.354. The molecular formula is C24H25ClFN3O4S2. The molecule has 0 radical (unpaired) electrons. The van der Waals surface area contributed by atoms with Crippen LogP contribution in [0.4, 0.5) is 15.2 Å². The Morgan fingerprint density at radius 2 is 1.97 bits per heavy atom. The summed E-state index contributed by atoms with van der Waals surface area (Å²) in [7, 11) is -2.76. The van der Waals surface area contributed by atoms with Crippen molar-refractivity contribution in [3.63, 3.8) is 0 Å². The first-order valence-electron chi connectivity index (χ1n) is 11.1. The second-order valence-corrected chi connectivity index (χ2v) is 11.5. The molecule has 0 saturated heterocycles. The van der Waals surface area contributed by atoms with Crippen LogP contribution in [0.3, 0.4) is 0 Å². The molecule has 2 aromatic carbocycles. The Hall–Kier alpha value is -2.69. The van der Waals surface area contributed by atoms with Gasteiger partial charge in [0, 0.05) is 6.42 Å². The van der Waals surface area contributed by atoms with Crippen molar-refractivity contribution in [2.24, 2.45) is 5.92 Å². The van der Waals surface area contributed by atoms with Crippen LogP contribution in [0.1, 0.15) is 37.8 Å². The summed E-state index contributed by atoms with van der Waals surface area (Å²) >= 11 is 7.28. The van der Waals surface area contributed by atoms with E-state index < -0.39 is 15.8 Å². The molecular weight excluding hydrogens is 513 g/mol. The fourth-order valence-electron chi connectivity index (χ4n) is 4.16. The number of ether oxygens (including phenoxy) is 1. The molecule has 11 heteroatoms. The molecule has 1 fully saturated rings. The van der Waals surface area contributed by atoms with Crippen molar-refractivity contribution >= 4 is 49.7 Å². The predicted octanol–water partition coefficient (Wildman–Crippen LogP) is 6.24. The minimum absolute atomic E-state index is 0.0433. The number of benzene rings is 2. The first-order valence-corrected chi connectivity index (χ1v) is 13.8. The van der Waals surface area contributed by atoms with E-state index in [0.29, 0.717) is 28.7 Å². The highest BCUT2D eigenvalue weighted by Gasteiger charge is 2.24. The molecule has 35 heavy (non-hydrogen) atoms. The summed E-state index contributed by atoms with van der Waals surface area (Å²) < 4.78 is 47.4. The van der Waals surface area contributed by atoms with Gasteiger partial charge in [0.1, 0.15) is 16.5 Å². The number of carbonyl (C=O) groups is 1. The summed E-state index contributed by atoms with van der Waals surface area (Å²) in [4.78, 5) is 17.5. The lowest BCUT2D eigenvalue weighted by atomic mass is 10.0. The largest absolute Gasteiger partial charge is 0.495 e. The molecule has 1 heterocycles. The Morgan fingerprint density at radius 3 is 2.66 bits per heavy atom. The predicted molar refractivity (Wildman–Crippen MR) is 136 cm³/mol. The number of thiazole rings is 1. The van der Waals surface area contributed by atoms with Gasteiger partial charge < -0.3 is 10.1 Å². The fourth-order valence-corrected chi connectivity index (χ4v) is 6.69. The molecule has 2 N–H and O–H groups in total. The van der Waals surface area contributed by atoms with E-state index in [1.165, 1.54) is 43.4 Å². The molecule has 1 aromatic heterocycles. The number of aryl methyl sites for hydroxylation is 1. The van der Waals surface area contributed by atoms with E-state index >= 15 is 0 Å². The molecule has 186 valence electrons. The number of carbonyl (C=O) groups excluding carboxylic acids is 1. The smallest absolute Gasteiger partial charge is 0.265 e. The summed E-state index contributed by atoms with van der Waals surface area (Å²) in [6.45, 7) is 1.80. The number of nitrogens with zero attached hydrogens (tertiary/aromatic N) is 1. The SMILES string of the molecule is COc1ccc(-c2sc(NC(=O)CC3CCCC3)nc2C)cc1S(=O)(=O)Nc1ccc(F)cc1Cl. The highest BCUT2D eigenvalue weighted by molar-refractivity contribution is 7.92. The summed E-state index contributed by atoms with van der Waals surface area (Å²) in [5, 5.41) is 3.28. The van der Waals surface area contributed by atoms with Crippen LogP contribution in [-0.2, 0) is 14.8 Å². The summed E-state index contributed by atoms with van der Waals surface area (Å²) in [5.74, 6) is -0.0846. The molecule has 3 aromatic rings. The van der Waals surface area contributed by atoms with Gasteiger partial charge in [-0.15, -0.1) is 0 Å². The van der Waals surface area contributed by atoms with E-state index in [-0.39, 0.29) is 27.3 Å². The van der Waals surface area contributed by atoms with Gasteiger partial charge in [-0.1, -0.05) is 35.8 Å². The number of hydrogen-bond donors (Lipinski definition) is 2. The van der Waals surface area contributed by atoms with Crippen LogP contribution >= 0.6 is 22.9 Å². The van der Waals surface area contributed by atoms with Gasteiger partial charge in [0.25, 0.3) is 10.0 Å². The number of methoxy groups -OCH3 is 1. The van der Waals surface area contributed by atoms with Gasteiger partial charge in [-0.2, -0.15) is 0 Å². The first kappa shape index (κ1) is 25.4. The molecule has 1 aliphatic rings. The summed E-state index contributed by atoms with van der Waals surface area (Å²) in [5.41, 5.74) is 1.30. The number of hydrogen-bond acceptors (Lipinski definition) is 6. The lowest BCUT2D eigenvalue weighted by Crippen LogP contribution is -2.14. The van der Waals surface area contributed by atoms with Crippen LogP contribution in [-0.4, -0.2) is 26.4 Å². The van der Waals surface area contributed by atoms with Gasteiger partial charge in [0.05, 0.1) is 28.4 Å². The minimum atomic E-state index is -4.13.